The lowest BCUT2D eigenvalue weighted by Crippen LogP contribution is -2.51. The molecule has 0 unspecified atom stereocenters. The number of ether oxygens (including phenoxy) is 1. The summed E-state index contributed by atoms with van der Waals surface area (Å²) in [5, 5.41) is 3.54. The summed E-state index contributed by atoms with van der Waals surface area (Å²) in [5.74, 6) is 0.00195. The van der Waals surface area contributed by atoms with Crippen LogP contribution in [0.25, 0.3) is 0 Å². The van der Waals surface area contributed by atoms with E-state index in [1.165, 1.54) is 6.42 Å². The fourth-order valence-electron chi connectivity index (χ4n) is 3.80. The molecular weight excluding hydrogens is 560 g/mol. The van der Waals surface area contributed by atoms with Gasteiger partial charge in [-0.1, -0.05) is 74.9 Å². The van der Waals surface area contributed by atoms with Crippen molar-refractivity contribution in [1.82, 2.24) is 10.2 Å². The predicted molar refractivity (Wildman–Crippen MR) is 134 cm³/mol. The molecular formula is C24H27Br2ClN2O3. The van der Waals surface area contributed by atoms with Gasteiger partial charge in [-0.25, -0.2) is 0 Å². The zero-order chi connectivity index (χ0) is 23.1. The minimum atomic E-state index is -0.632. The van der Waals surface area contributed by atoms with Gasteiger partial charge in [0, 0.05) is 21.5 Å². The maximum absolute atomic E-state index is 13.2. The zero-order valence-electron chi connectivity index (χ0n) is 18.0. The Labute approximate surface area is 211 Å². The Morgan fingerprint density at radius 2 is 1.84 bits per heavy atom. The summed E-state index contributed by atoms with van der Waals surface area (Å²) in [6.45, 7) is 1.85. The highest BCUT2D eigenvalue weighted by atomic mass is 79.9. The number of carbonyl (C=O) groups is 2. The van der Waals surface area contributed by atoms with Crippen LogP contribution in [0.1, 0.15) is 44.6 Å². The lowest BCUT2D eigenvalue weighted by atomic mass is 9.95. The summed E-state index contributed by atoms with van der Waals surface area (Å²) < 4.78 is 7.43. The summed E-state index contributed by atoms with van der Waals surface area (Å²) in [6.07, 6.45) is 5.45. The second kappa shape index (κ2) is 12.1. The van der Waals surface area contributed by atoms with Gasteiger partial charge in [-0.3, -0.25) is 9.59 Å². The van der Waals surface area contributed by atoms with Crippen molar-refractivity contribution >= 4 is 55.3 Å². The van der Waals surface area contributed by atoms with E-state index in [-0.39, 0.29) is 24.5 Å². The number of carbonyl (C=O) groups excluding carboxylic acids is 2. The van der Waals surface area contributed by atoms with Crippen molar-refractivity contribution in [2.75, 3.05) is 6.61 Å². The van der Waals surface area contributed by atoms with Crippen molar-refractivity contribution in [2.45, 2.75) is 57.7 Å². The van der Waals surface area contributed by atoms with Crippen LogP contribution in [0.15, 0.2) is 51.4 Å². The van der Waals surface area contributed by atoms with E-state index in [1.54, 1.807) is 30.0 Å². The largest absolute Gasteiger partial charge is 0.482 e. The second-order valence-corrected chi connectivity index (χ2v) is 10.3. The molecule has 0 heterocycles. The van der Waals surface area contributed by atoms with E-state index in [9.17, 15) is 9.59 Å². The van der Waals surface area contributed by atoms with E-state index in [0.717, 1.165) is 40.2 Å². The quantitative estimate of drug-likeness (QED) is 0.406. The van der Waals surface area contributed by atoms with Crippen LogP contribution in [0.2, 0.25) is 5.02 Å². The lowest BCUT2D eigenvalue weighted by Gasteiger charge is -2.31. The monoisotopic (exact) mass is 584 g/mol. The molecule has 2 amide bonds. The van der Waals surface area contributed by atoms with Gasteiger partial charge in [0.2, 0.25) is 5.91 Å². The van der Waals surface area contributed by atoms with Gasteiger partial charge in [-0.15, -0.1) is 0 Å². The first kappa shape index (κ1) is 25.1. The van der Waals surface area contributed by atoms with Gasteiger partial charge in [0.05, 0.1) is 5.02 Å². The number of hydrogen-bond donors (Lipinski definition) is 1. The smallest absolute Gasteiger partial charge is 0.261 e. The lowest BCUT2D eigenvalue weighted by molar-refractivity contribution is -0.142. The Morgan fingerprint density at radius 3 is 2.53 bits per heavy atom. The third-order valence-electron chi connectivity index (χ3n) is 5.61. The van der Waals surface area contributed by atoms with Crippen LogP contribution in [0.4, 0.5) is 0 Å². The Kier molecular flexibility index (Phi) is 9.44. The third kappa shape index (κ3) is 7.22. The highest BCUT2D eigenvalue weighted by Gasteiger charge is 2.28. The van der Waals surface area contributed by atoms with Crippen molar-refractivity contribution in [1.29, 1.82) is 0 Å². The molecule has 1 N–H and O–H groups in total. The van der Waals surface area contributed by atoms with Gasteiger partial charge in [0.1, 0.15) is 11.8 Å². The van der Waals surface area contributed by atoms with E-state index < -0.39 is 6.04 Å². The number of benzene rings is 2. The number of hydrogen-bond acceptors (Lipinski definition) is 3. The molecule has 32 heavy (non-hydrogen) atoms. The molecule has 5 nitrogen and oxygen atoms in total. The Bertz CT molecular complexity index is 951. The first-order valence-corrected chi connectivity index (χ1v) is 12.7. The maximum atomic E-state index is 13.2. The molecule has 0 radical (unpaired) electrons. The van der Waals surface area contributed by atoms with Crippen molar-refractivity contribution in [3.8, 4) is 5.75 Å². The minimum absolute atomic E-state index is 0.137. The van der Waals surface area contributed by atoms with Crippen molar-refractivity contribution in [3.05, 3.63) is 62.0 Å². The zero-order valence-corrected chi connectivity index (χ0v) is 21.9. The number of nitrogens with zero attached hydrogens (tertiary/aromatic N) is 1. The molecule has 1 aliphatic carbocycles. The Morgan fingerprint density at radius 1 is 1.12 bits per heavy atom. The molecule has 2 aromatic carbocycles. The molecule has 2 aromatic rings. The summed E-state index contributed by atoms with van der Waals surface area (Å²) in [6, 6.07) is 12.5. The van der Waals surface area contributed by atoms with Crippen LogP contribution in [-0.4, -0.2) is 35.4 Å². The number of amides is 2. The summed E-state index contributed by atoms with van der Waals surface area (Å²) in [5.41, 5.74) is 0.923. The van der Waals surface area contributed by atoms with Crippen molar-refractivity contribution in [3.63, 3.8) is 0 Å². The molecule has 1 saturated carbocycles. The standard InChI is InChI=1S/C24H27Br2ClN2O3/c1-16(24(31)28-20-8-3-2-4-9-20)29(14-17-6-5-7-18(25)12-17)23(30)15-32-22-11-10-19(26)13-21(22)27/h5-7,10-13,16,20H,2-4,8-9,14-15H2,1H3,(H,28,31)/t16-/m1/s1. The van der Waals surface area contributed by atoms with Gasteiger partial charge in [0.15, 0.2) is 6.61 Å². The average Bonchev–Trinajstić information content (AvgIpc) is 2.77. The molecule has 0 spiro atoms. The van der Waals surface area contributed by atoms with Crippen LogP contribution < -0.4 is 10.1 Å². The first-order valence-electron chi connectivity index (χ1n) is 10.8. The Hall–Kier alpha value is -1.57. The van der Waals surface area contributed by atoms with Crippen LogP contribution in [0.3, 0.4) is 0 Å². The van der Waals surface area contributed by atoms with Gasteiger partial charge in [0.25, 0.3) is 5.91 Å². The fourth-order valence-corrected chi connectivity index (χ4v) is 4.97. The summed E-state index contributed by atoms with van der Waals surface area (Å²) >= 11 is 13.0. The number of nitrogens with one attached hydrogen (secondary N) is 1. The molecule has 1 fully saturated rings. The number of halogens is 3. The highest BCUT2D eigenvalue weighted by Crippen LogP contribution is 2.28. The predicted octanol–water partition coefficient (Wildman–Crippen LogP) is 6.11. The average molecular weight is 587 g/mol. The van der Waals surface area contributed by atoms with Crippen LogP contribution >= 0.6 is 43.5 Å². The number of rotatable bonds is 8. The maximum Gasteiger partial charge on any atom is 0.261 e. The highest BCUT2D eigenvalue weighted by molar-refractivity contribution is 9.10. The van der Waals surface area contributed by atoms with Gasteiger partial charge >= 0.3 is 0 Å². The van der Waals surface area contributed by atoms with Gasteiger partial charge in [-0.05, 0) is 55.7 Å². The molecule has 1 aliphatic rings. The SMILES string of the molecule is C[C@H](C(=O)NC1CCCCC1)N(Cc1cccc(Br)c1)C(=O)COc1ccc(Br)cc1Cl. The second-order valence-electron chi connectivity index (χ2n) is 8.03. The molecule has 0 aliphatic heterocycles. The van der Waals surface area contributed by atoms with E-state index in [0.29, 0.717) is 17.3 Å². The molecule has 0 bridgehead atoms. The molecule has 0 saturated heterocycles. The van der Waals surface area contributed by atoms with Crippen molar-refractivity contribution < 1.29 is 14.3 Å². The molecule has 1 atom stereocenters. The third-order valence-corrected chi connectivity index (χ3v) is 6.89. The van der Waals surface area contributed by atoms with Gasteiger partial charge in [-0.2, -0.15) is 0 Å². The van der Waals surface area contributed by atoms with E-state index in [1.807, 2.05) is 24.3 Å². The van der Waals surface area contributed by atoms with Crippen molar-refractivity contribution in [2.24, 2.45) is 0 Å². The summed E-state index contributed by atoms with van der Waals surface area (Å²) in [4.78, 5) is 27.7. The fraction of sp³-hybridized carbons (Fsp3) is 0.417. The minimum Gasteiger partial charge on any atom is -0.482 e. The first-order chi connectivity index (χ1) is 15.3. The van der Waals surface area contributed by atoms with Crippen LogP contribution in [-0.2, 0) is 16.1 Å². The van der Waals surface area contributed by atoms with E-state index in [2.05, 4.69) is 37.2 Å². The van der Waals surface area contributed by atoms with Crippen LogP contribution in [0.5, 0.6) is 5.75 Å². The summed E-state index contributed by atoms with van der Waals surface area (Å²) in [7, 11) is 0. The normalized spacial score (nSPS) is 15.1. The molecule has 8 heteroatoms. The van der Waals surface area contributed by atoms with E-state index in [4.69, 9.17) is 16.3 Å². The van der Waals surface area contributed by atoms with Crippen LogP contribution in [0, 0.1) is 0 Å². The van der Waals surface area contributed by atoms with Gasteiger partial charge < -0.3 is 15.0 Å². The van der Waals surface area contributed by atoms with E-state index >= 15 is 0 Å². The molecule has 3 rings (SSSR count). The molecule has 0 aromatic heterocycles. The molecule has 172 valence electrons. The Balaban J connectivity index is 1.72. The topological polar surface area (TPSA) is 58.6 Å².